The number of piperidine rings is 1. The molecule has 1 atom stereocenters. The Morgan fingerprint density at radius 2 is 1.91 bits per heavy atom. The van der Waals surface area contributed by atoms with Gasteiger partial charge in [-0.2, -0.15) is 5.10 Å². The van der Waals surface area contributed by atoms with Gasteiger partial charge in [-0.25, -0.2) is 4.39 Å². The van der Waals surface area contributed by atoms with E-state index >= 15 is 0 Å². The molecule has 3 aliphatic heterocycles. The van der Waals surface area contributed by atoms with Crippen molar-refractivity contribution in [1.82, 2.24) is 24.9 Å². The number of hydrogen-bond acceptors (Lipinski definition) is 6. The predicted molar refractivity (Wildman–Crippen MR) is 123 cm³/mol. The van der Waals surface area contributed by atoms with E-state index in [1.807, 2.05) is 10.9 Å². The van der Waals surface area contributed by atoms with Crippen LogP contribution in [0.1, 0.15) is 54.2 Å². The van der Waals surface area contributed by atoms with Gasteiger partial charge in [0, 0.05) is 80.3 Å². The molecule has 1 unspecified atom stereocenters. The molecule has 0 spiro atoms. The monoisotopic (exact) mass is 468 g/mol. The standard InChI is InChI=1S/C24H29FN6O3/c1-15(2)31-13-16(11-26-31)12-28-5-7-29(8-6-28)21-10-17(25)9-18-19(21)14-30(24(18)34)20-3-4-22(32)27-23(20)33/h9-11,13,15,20H,3-8,12,14H2,1-2H3,(H,27,32,33). The summed E-state index contributed by atoms with van der Waals surface area (Å²) in [4.78, 5) is 42.9. The Bertz CT molecular complexity index is 1140. The van der Waals surface area contributed by atoms with Crippen LogP contribution in [0.2, 0.25) is 0 Å². The Labute approximate surface area is 197 Å². The molecular weight excluding hydrogens is 439 g/mol. The first-order chi connectivity index (χ1) is 16.3. The van der Waals surface area contributed by atoms with Crippen molar-refractivity contribution in [3.05, 3.63) is 47.0 Å². The molecule has 1 aromatic heterocycles. The number of carbonyl (C=O) groups is 3. The zero-order valence-corrected chi connectivity index (χ0v) is 19.5. The number of anilines is 1. The molecule has 10 heteroatoms. The van der Waals surface area contributed by atoms with Gasteiger partial charge in [-0.1, -0.05) is 0 Å². The molecular formula is C24H29FN6O3. The van der Waals surface area contributed by atoms with Gasteiger partial charge in [0.25, 0.3) is 5.91 Å². The summed E-state index contributed by atoms with van der Waals surface area (Å²) in [6.07, 6.45) is 4.46. The van der Waals surface area contributed by atoms with Crippen LogP contribution in [0.5, 0.6) is 0 Å². The van der Waals surface area contributed by atoms with Crippen molar-refractivity contribution in [3.63, 3.8) is 0 Å². The number of piperazine rings is 1. The smallest absolute Gasteiger partial charge is 0.255 e. The number of amides is 3. The maximum Gasteiger partial charge on any atom is 0.255 e. The van der Waals surface area contributed by atoms with E-state index in [1.54, 1.807) is 0 Å². The fourth-order valence-corrected chi connectivity index (χ4v) is 5.04. The van der Waals surface area contributed by atoms with Crippen LogP contribution >= 0.6 is 0 Å². The normalized spacial score (nSPS) is 21.4. The molecule has 4 heterocycles. The van der Waals surface area contributed by atoms with Gasteiger partial charge in [0.15, 0.2) is 0 Å². The number of nitrogens with zero attached hydrogens (tertiary/aromatic N) is 5. The number of benzene rings is 1. The van der Waals surface area contributed by atoms with Gasteiger partial charge in [-0.3, -0.25) is 29.3 Å². The molecule has 5 rings (SSSR count). The van der Waals surface area contributed by atoms with Crippen molar-refractivity contribution in [2.24, 2.45) is 0 Å². The van der Waals surface area contributed by atoms with Crippen molar-refractivity contribution in [3.8, 4) is 0 Å². The lowest BCUT2D eigenvalue weighted by atomic mass is 10.0. The van der Waals surface area contributed by atoms with Gasteiger partial charge in [0.05, 0.1) is 6.20 Å². The maximum absolute atomic E-state index is 14.5. The topological polar surface area (TPSA) is 90.8 Å². The van der Waals surface area contributed by atoms with Crippen molar-refractivity contribution >= 4 is 23.4 Å². The highest BCUT2D eigenvalue weighted by Gasteiger charge is 2.41. The van der Waals surface area contributed by atoms with Crippen LogP contribution < -0.4 is 10.2 Å². The first-order valence-electron chi connectivity index (χ1n) is 11.8. The van der Waals surface area contributed by atoms with E-state index in [-0.39, 0.29) is 31.2 Å². The van der Waals surface area contributed by atoms with E-state index in [2.05, 4.69) is 40.3 Å². The van der Waals surface area contributed by atoms with E-state index in [9.17, 15) is 18.8 Å². The second-order valence-corrected chi connectivity index (χ2v) is 9.54. The fourth-order valence-electron chi connectivity index (χ4n) is 5.04. The minimum Gasteiger partial charge on any atom is -0.369 e. The molecule has 9 nitrogen and oxygen atoms in total. The number of imide groups is 1. The van der Waals surface area contributed by atoms with Gasteiger partial charge in [0.2, 0.25) is 11.8 Å². The number of nitrogens with one attached hydrogen (secondary N) is 1. The number of halogens is 1. The molecule has 3 amide bonds. The van der Waals surface area contributed by atoms with E-state index < -0.39 is 17.8 Å². The van der Waals surface area contributed by atoms with Crippen LogP contribution in [-0.2, 0) is 22.7 Å². The molecule has 2 aromatic rings. The van der Waals surface area contributed by atoms with Gasteiger partial charge in [-0.15, -0.1) is 0 Å². The van der Waals surface area contributed by atoms with Gasteiger partial charge >= 0.3 is 0 Å². The summed E-state index contributed by atoms with van der Waals surface area (Å²) in [6.45, 7) is 8.28. The zero-order valence-electron chi connectivity index (χ0n) is 19.5. The molecule has 3 aliphatic rings. The molecule has 2 fully saturated rings. The Balaban J connectivity index is 1.29. The summed E-state index contributed by atoms with van der Waals surface area (Å²) >= 11 is 0. The molecule has 1 N–H and O–H groups in total. The van der Waals surface area contributed by atoms with Crippen molar-refractivity contribution < 1.29 is 18.8 Å². The Kier molecular flexibility index (Phi) is 5.85. The summed E-state index contributed by atoms with van der Waals surface area (Å²) in [5, 5.41) is 6.72. The molecule has 0 saturated carbocycles. The molecule has 180 valence electrons. The van der Waals surface area contributed by atoms with E-state index in [4.69, 9.17) is 0 Å². The number of aromatic nitrogens is 2. The lowest BCUT2D eigenvalue weighted by Crippen LogP contribution is -2.52. The minimum atomic E-state index is -0.711. The van der Waals surface area contributed by atoms with Gasteiger partial charge < -0.3 is 9.80 Å². The molecule has 1 aromatic carbocycles. The molecule has 0 bridgehead atoms. The van der Waals surface area contributed by atoms with Crippen LogP contribution in [-0.4, -0.2) is 69.5 Å². The highest BCUT2D eigenvalue weighted by atomic mass is 19.1. The van der Waals surface area contributed by atoms with E-state index in [0.29, 0.717) is 30.4 Å². The van der Waals surface area contributed by atoms with Crippen molar-refractivity contribution in [1.29, 1.82) is 0 Å². The average Bonchev–Trinajstić information content (AvgIpc) is 3.39. The number of rotatable bonds is 5. The lowest BCUT2D eigenvalue weighted by Gasteiger charge is -2.37. The van der Waals surface area contributed by atoms with Crippen LogP contribution in [0.3, 0.4) is 0 Å². The Morgan fingerprint density at radius 3 is 2.59 bits per heavy atom. The highest BCUT2D eigenvalue weighted by Crippen LogP contribution is 2.35. The average molecular weight is 469 g/mol. The van der Waals surface area contributed by atoms with Crippen molar-refractivity contribution in [2.45, 2.75) is 51.9 Å². The van der Waals surface area contributed by atoms with Crippen LogP contribution in [0.15, 0.2) is 24.5 Å². The molecule has 2 saturated heterocycles. The predicted octanol–water partition coefficient (Wildman–Crippen LogP) is 1.69. The summed E-state index contributed by atoms with van der Waals surface area (Å²) in [7, 11) is 0. The molecule has 34 heavy (non-hydrogen) atoms. The lowest BCUT2D eigenvalue weighted by molar-refractivity contribution is -0.136. The highest BCUT2D eigenvalue weighted by molar-refractivity contribution is 6.06. The molecule has 0 aliphatic carbocycles. The quantitative estimate of drug-likeness (QED) is 0.672. The first kappa shape index (κ1) is 22.5. The third-order valence-electron chi connectivity index (χ3n) is 6.90. The van der Waals surface area contributed by atoms with Crippen LogP contribution in [0.4, 0.5) is 10.1 Å². The summed E-state index contributed by atoms with van der Waals surface area (Å²) in [5.41, 5.74) is 2.94. The van der Waals surface area contributed by atoms with Crippen LogP contribution in [0, 0.1) is 5.82 Å². The number of carbonyl (C=O) groups excluding carboxylic acids is 3. The third-order valence-corrected chi connectivity index (χ3v) is 6.90. The SMILES string of the molecule is CC(C)n1cc(CN2CCN(c3cc(F)cc4c3CN(C3CCC(=O)NC3=O)C4=O)CC2)cn1. The first-order valence-corrected chi connectivity index (χ1v) is 11.8. The third kappa shape index (κ3) is 4.18. The van der Waals surface area contributed by atoms with E-state index in [1.165, 1.54) is 22.6 Å². The van der Waals surface area contributed by atoms with Crippen LogP contribution in [0.25, 0.3) is 0 Å². The number of hydrogen-bond donors (Lipinski definition) is 1. The largest absolute Gasteiger partial charge is 0.369 e. The maximum atomic E-state index is 14.5. The zero-order chi connectivity index (χ0) is 24.0. The summed E-state index contributed by atoms with van der Waals surface area (Å²) < 4.78 is 16.5. The Morgan fingerprint density at radius 1 is 1.15 bits per heavy atom. The van der Waals surface area contributed by atoms with Crippen molar-refractivity contribution in [2.75, 3.05) is 31.1 Å². The molecule has 0 radical (unpaired) electrons. The summed E-state index contributed by atoms with van der Waals surface area (Å²) in [6, 6.07) is 2.36. The summed E-state index contributed by atoms with van der Waals surface area (Å²) in [5.74, 6) is -1.61. The second kappa shape index (κ2) is 8.83. The second-order valence-electron chi connectivity index (χ2n) is 9.54. The fraction of sp³-hybridized carbons (Fsp3) is 0.500. The van der Waals surface area contributed by atoms with Gasteiger partial charge in [-0.05, 0) is 32.4 Å². The Hall–Kier alpha value is -3.27. The number of fused-ring (bicyclic) bond motifs is 1. The van der Waals surface area contributed by atoms with E-state index in [0.717, 1.165) is 25.2 Å². The van der Waals surface area contributed by atoms with Gasteiger partial charge in [0.1, 0.15) is 11.9 Å². The minimum absolute atomic E-state index is 0.190.